The molecule has 1 atom stereocenters. The summed E-state index contributed by atoms with van der Waals surface area (Å²) in [4.78, 5) is 11.1. The number of aldehydes is 1. The topological polar surface area (TPSA) is 44.1 Å². The number of nitrogens with zero attached hydrogens (tertiary/aromatic N) is 2. The second-order valence-corrected chi connectivity index (χ2v) is 4.57. The van der Waals surface area contributed by atoms with Crippen molar-refractivity contribution in [1.82, 2.24) is 9.78 Å². The average Bonchev–Trinajstić information content (AvgIpc) is 3.08. The number of hydrogen-bond donors (Lipinski definition) is 0. The summed E-state index contributed by atoms with van der Waals surface area (Å²) < 4.78 is 19.8. The molecule has 1 aromatic heterocycles. The monoisotopic (exact) mass is 260 g/mol. The highest BCUT2D eigenvalue weighted by atomic mass is 19.1. The summed E-state index contributed by atoms with van der Waals surface area (Å²) in [6.07, 6.45) is 3.36. The first-order chi connectivity index (χ1) is 9.28. The molecule has 4 nitrogen and oxygen atoms in total. The van der Waals surface area contributed by atoms with Crippen molar-refractivity contribution in [3.05, 3.63) is 47.5 Å². The maximum Gasteiger partial charge on any atom is 0.153 e. The normalized spacial score (nSPS) is 18.7. The van der Waals surface area contributed by atoms with Gasteiger partial charge >= 0.3 is 0 Å². The van der Waals surface area contributed by atoms with E-state index in [1.165, 1.54) is 12.1 Å². The molecule has 1 aliphatic rings. The van der Waals surface area contributed by atoms with Crippen LogP contribution in [0.5, 0.6) is 0 Å². The van der Waals surface area contributed by atoms with Gasteiger partial charge in [-0.3, -0.25) is 4.79 Å². The molecule has 1 aliphatic heterocycles. The van der Waals surface area contributed by atoms with Gasteiger partial charge in [0.25, 0.3) is 0 Å². The molecule has 19 heavy (non-hydrogen) atoms. The van der Waals surface area contributed by atoms with E-state index >= 15 is 0 Å². The van der Waals surface area contributed by atoms with Gasteiger partial charge in [-0.1, -0.05) is 0 Å². The van der Waals surface area contributed by atoms with E-state index in [4.69, 9.17) is 4.74 Å². The summed E-state index contributed by atoms with van der Waals surface area (Å²) in [5.41, 5.74) is 2.06. The zero-order chi connectivity index (χ0) is 13.2. The van der Waals surface area contributed by atoms with Crippen molar-refractivity contribution in [2.24, 2.45) is 0 Å². The fourth-order valence-electron chi connectivity index (χ4n) is 2.28. The number of hydrogen-bond acceptors (Lipinski definition) is 3. The average molecular weight is 260 g/mol. The SMILES string of the molecule is O=Cc1cn(-c2ccc(F)cc2)nc1C1CCOC1. The van der Waals surface area contributed by atoms with Crippen LogP contribution >= 0.6 is 0 Å². The molecular weight excluding hydrogens is 247 g/mol. The van der Waals surface area contributed by atoms with Crippen LogP contribution in [0.1, 0.15) is 28.4 Å². The maximum absolute atomic E-state index is 12.9. The van der Waals surface area contributed by atoms with E-state index < -0.39 is 0 Å². The Kier molecular flexibility index (Phi) is 3.13. The van der Waals surface area contributed by atoms with Gasteiger partial charge in [0.05, 0.1) is 23.6 Å². The third-order valence-corrected chi connectivity index (χ3v) is 3.31. The van der Waals surface area contributed by atoms with Gasteiger partial charge in [0, 0.05) is 18.7 Å². The highest BCUT2D eigenvalue weighted by Gasteiger charge is 2.24. The second-order valence-electron chi connectivity index (χ2n) is 4.57. The Morgan fingerprint density at radius 3 is 2.79 bits per heavy atom. The number of halogens is 1. The lowest BCUT2D eigenvalue weighted by atomic mass is 10.0. The van der Waals surface area contributed by atoms with Crippen LogP contribution in [0.25, 0.3) is 5.69 Å². The molecule has 0 radical (unpaired) electrons. The predicted molar refractivity (Wildman–Crippen MR) is 67.1 cm³/mol. The van der Waals surface area contributed by atoms with Gasteiger partial charge in [0.2, 0.25) is 0 Å². The lowest BCUT2D eigenvalue weighted by Crippen LogP contribution is -2.03. The summed E-state index contributed by atoms with van der Waals surface area (Å²) in [7, 11) is 0. The second kappa shape index (κ2) is 4.93. The summed E-state index contributed by atoms with van der Waals surface area (Å²) in [6.45, 7) is 1.30. The molecule has 0 saturated carbocycles. The Morgan fingerprint density at radius 2 is 2.16 bits per heavy atom. The Morgan fingerprint density at radius 1 is 1.37 bits per heavy atom. The van der Waals surface area contributed by atoms with Crippen LogP contribution in [-0.2, 0) is 4.74 Å². The van der Waals surface area contributed by atoms with Crippen molar-refractivity contribution in [3.8, 4) is 5.69 Å². The molecule has 0 bridgehead atoms. The molecule has 1 unspecified atom stereocenters. The molecule has 98 valence electrons. The first kappa shape index (κ1) is 12.0. The van der Waals surface area contributed by atoms with Gasteiger partial charge in [0.1, 0.15) is 5.82 Å². The number of ether oxygens (including phenoxy) is 1. The van der Waals surface area contributed by atoms with Gasteiger partial charge < -0.3 is 4.74 Å². The Balaban J connectivity index is 1.98. The predicted octanol–water partition coefficient (Wildman–Crippen LogP) is 2.33. The first-order valence-electron chi connectivity index (χ1n) is 6.16. The number of rotatable bonds is 3. The van der Waals surface area contributed by atoms with Crippen LogP contribution in [0.15, 0.2) is 30.5 Å². The standard InChI is InChI=1S/C14H13FN2O2/c15-12-1-3-13(4-2-12)17-7-11(8-18)14(16-17)10-5-6-19-9-10/h1-4,7-8,10H,5-6,9H2. The summed E-state index contributed by atoms with van der Waals surface area (Å²) in [6, 6.07) is 6.00. The molecule has 0 N–H and O–H groups in total. The molecule has 2 heterocycles. The van der Waals surface area contributed by atoms with E-state index in [9.17, 15) is 9.18 Å². The Hall–Kier alpha value is -2.01. The fourth-order valence-corrected chi connectivity index (χ4v) is 2.28. The molecule has 2 aromatic rings. The largest absolute Gasteiger partial charge is 0.381 e. The molecule has 0 aliphatic carbocycles. The van der Waals surface area contributed by atoms with Crippen LogP contribution in [0.2, 0.25) is 0 Å². The summed E-state index contributed by atoms with van der Waals surface area (Å²) >= 11 is 0. The van der Waals surface area contributed by atoms with Crippen molar-refractivity contribution in [1.29, 1.82) is 0 Å². The van der Waals surface area contributed by atoms with Gasteiger partial charge in [0.15, 0.2) is 6.29 Å². The van der Waals surface area contributed by atoms with Gasteiger partial charge in [-0.15, -0.1) is 0 Å². The number of aromatic nitrogens is 2. The van der Waals surface area contributed by atoms with Crippen LogP contribution in [0, 0.1) is 5.82 Å². The zero-order valence-electron chi connectivity index (χ0n) is 10.3. The minimum atomic E-state index is -0.295. The van der Waals surface area contributed by atoms with Crippen molar-refractivity contribution >= 4 is 6.29 Å². The molecule has 1 saturated heterocycles. The minimum absolute atomic E-state index is 0.168. The zero-order valence-corrected chi connectivity index (χ0v) is 10.3. The lowest BCUT2D eigenvalue weighted by molar-refractivity contribution is 0.112. The van der Waals surface area contributed by atoms with Crippen molar-refractivity contribution < 1.29 is 13.9 Å². The number of carbonyl (C=O) groups excluding carboxylic acids is 1. The van der Waals surface area contributed by atoms with Crippen LogP contribution in [0.4, 0.5) is 4.39 Å². The van der Waals surface area contributed by atoms with Gasteiger partial charge in [-0.05, 0) is 30.7 Å². The van der Waals surface area contributed by atoms with Crippen LogP contribution in [-0.4, -0.2) is 29.3 Å². The molecular formula is C14H13FN2O2. The van der Waals surface area contributed by atoms with E-state index in [1.807, 2.05) is 0 Å². The maximum atomic E-state index is 12.9. The van der Waals surface area contributed by atoms with Gasteiger partial charge in [-0.25, -0.2) is 9.07 Å². The van der Waals surface area contributed by atoms with Crippen molar-refractivity contribution in [2.75, 3.05) is 13.2 Å². The first-order valence-corrected chi connectivity index (χ1v) is 6.16. The highest BCUT2D eigenvalue weighted by Crippen LogP contribution is 2.26. The van der Waals surface area contributed by atoms with E-state index in [0.29, 0.717) is 18.8 Å². The quantitative estimate of drug-likeness (QED) is 0.795. The number of carbonyl (C=O) groups is 1. The molecule has 1 aromatic carbocycles. The van der Waals surface area contributed by atoms with Crippen molar-refractivity contribution in [2.45, 2.75) is 12.3 Å². The summed E-state index contributed by atoms with van der Waals surface area (Å²) in [5.74, 6) is -0.127. The third kappa shape index (κ3) is 2.29. The minimum Gasteiger partial charge on any atom is -0.381 e. The highest BCUT2D eigenvalue weighted by molar-refractivity contribution is 5.76. The molecule has 0 amide bonds. The molecule has 1 fully saturated rings. The molecule has 5 heteroatoms. The number of benzene rings is 1. The van der Waals surface area contributed by atoms with E-state index in [1.54, 1.807) is 23.0 Å². The van der Waals surface area contributed by atoms with Gasteiger partial charge in [-0.2, -0.15) is 5.10 Å². The summed E-state index contributed by atoms with van der Waals surface area (Å²) in [5, 5.41) is 4.45. The smallest absolute Gasteiger partial charge is 0.153 e. The van der Waals surface area contributed by atoms with Crippen LogP contribution in [0.3, 0.4) is 0 Å². The van der Waals surface area contributed by atoms with Crippen LogP contribution < -0.4 is 0 Å². The third-order valence-electron chi connectivity index (χ3n) is 3.31. The fraction of sp³-hybridized carbons (Fsp3) is 0.286. The molecule has 3 rings (SSSR count). The van der Waals surface area contributed by atoms with E-state index in [-0.39, 0.29) is 11.7 Å². The van der Waals surface area contributed by atoms with E-state index in [2.05, 4.69) is 5.10 Å². The Labute approximate surface area is 109 Å². The Bertz CT molecular complexity index is 586. The molecule has 0 spiro atoms. The lowest BCUT2D eigenvalue weighted by Gasteiger charge is -2.04. The van der Waals surface area contributed by atoms with E-state index in [0.717, 1.165) is 24.1 Å². The van der Waals surface area contributed by atoms with Crippen molar-refractivity contribution in [3.63, 3.8) is 0 Å².